The summed E-state index contributed by atoms with van der Waals surface area (Å²) in [7, 11) is 3.84. The van der Waals surface area contributed by atoms with Gasteiger partial charge in [-0.25, -0.2) is 9.69 Å². The molecule has 1 aromatic heterocycles. The Morgan fingerprint density at radius 2 is 2.15 bits per heavy atom. The van der Waals surface area contributed by atoms with Crippen LogP contribution in [0.2, 0.25) is 0 Å². The van der Waals surface area contributed by atoms with Crippen LogP contribution in [0.15, 0.2) is 0 Å². The van der Waals surface area contributed by atoms with Gasteiger partial charge in [0.25, 0.3) is 0 Å². The fourth-order valence-electron chi connectivity index (χ4n) is 1.15. The lowest BCUT2D eigenvalue weighted by molar-refractivity contribution is 0.482. The highest BCUT2D eigenvalue weighted by molar-refractivity contribution is 5.64. The molecule has 0 aliphatic heterocycles. The van der Waals surface area contributed by atoms with Crippen LogP contribution in [0.1, 0.15) is 12.6 Å². The SMILES string of the molecule is CCn1nc(C)c(N)c1NN(C)C. The molecule has 13 heavy (non-hydrogen) atoms. The Bertz CT molecular complexity index is 289. The summed E-state index contributed by atoms with van der Waals surface area (Å²) in [4.78, 5) is 0. The molecule has 0 saturated carbocycles. The summed E-state index contributed by atoms with van der Waals surface area (Å²) in [5, 5.41) is 6.13. The molecule has 0 aromatic carbocycles. The average Bonchev–Trinajstić information content (AvgIpc) is 2.31. The highest BCUT2D eigenvalue weighted by Crippen LogP contribution is 2.21. The third kappa shape index (κ3) is 1.92. The van der Waals surface area contributed by atoms with E-state index in [1.54, 1.807) is 0 Å². The van der Waals surface area contributed by atoms with Gasteiger partial charge in [-0.05, 0) is 13.8 Å². The van der Waals surface area contributed by atoms with E-state index in [0.29, 0.717) is 0 Å². The summed E-state index contributed by atoms with van der Waals surface area (Å²) in [6.07, 6.45) is 0. The molecule has 3 N–H and O–H groups in total. The van der Waals surface area contributed by atoms with Crippen LogP contribution in [0.5, 0.6) is 0 Å². The van der Waals surface area contributed by atoms with Gasteiger partial charge in [0.05, 0.1) is 11.4 Å². The molecular weight excluding hydrogens is 166 g/mol. The van der Waals surface area contributed by atoms with Crippen molar-refractivity contribution in [3.05, 3.63) is 5.69 Å². The molecule has 0 aliphatic carbocycles. The minimum atomic E-state index is 0.718. The van der Waals surface area contributed by atoms with Crippen molar-refractivity contribution < 1.29 is 0 Å². The van der Waals surface area contributed by atoms with Gasteiger partial charge in [0, 0.05) is 20.6 Å². The molecule has 1 rings (SSSR count). The Labute approximate surface area is 78.5 Å². The summed E-state index contributed by atoms with van der Waals surface area (Å²) < 4.78 is 1.85. The molecule has 0 atom stereocenters. The van der Waals surface area contributed by atoms with E-state index in [1.165, 1.54) is 0 Å². The predicted molar refractivity (Wildman–Crippen MR) is 54.4 cm³/mol. The van der Waals surface area contributed by atoms with Crippen molar-refractivity contribution in [3.8, 4) is 0 Å². The van der Waals surface area contributed by atoms with Crippen LogP contribution in [-0.4, -0.2) is 28.9 Å². The number of nitrogens with zero attached hydrogens (tertiary/aromatic N) is 3. The molecule has 0 unspecified atom stereocenters. The van der Waals surface area contributed by atoms with Gasteiger partial charge in [-0.15, -0.1) is 0 Å². The molecule has 74 valence electrons. The predicted octanol–water partition coefficient (Wildman–Crippen LogP) is 0.682. The molecule has 0 spiro atoms. The summed E-state index contributed by atoms with van der Waals surface area (Å²) in [6.45, 7) is 4.75. The zero-order chi connectivity index (χ0) is 10.0. The first kappa shape index (κ1) is 9.85. The first-order chi connectivity index (χ1) is 6.06. The maximum Gasteiger partial charge on any atom is 0.162 e. The highest BCUT2D eigenvalue weighted by Gasteiger charge is 2.10. The first-order valence-electron chi connectivity index (χ1n) is 4.33. The van der Waals surface area contributed by atoms with Gasteiger partial charge >= 0.3 is 0 Å². The Morgan fingerprint density at radius 3 is 2.62 bits per heavy atom. The third-order valence-corrected chi connectivity index (χ3v) is 1.80. The van der Waals surface area contributed by atoms with Crippen LogP contribution in [-0.2, 0) is 6.54 Å². The number of hydrogen-bond acceptors (Lipinski definition) is 4. The van der Waals surface area contributed by atoms with Crippen LogP contribution in [0.3, 0.4) is 0 Å². The first-order valence-corrected chi connectivity index (χ1v) is 4.33. The molecule has 0 radical (unpaired) electrons. The van der Waals surface area contributed by atoms with Crippen molar-refractivity contribution in [2.75, 3.05) is 25.3 Å². The maximum absolute atomic E-state index is 5.85. The normalized spacial score (nSPS) is 10.8. The van der Waals surface area contributed by atoms with Crippen LogP contribution in [0, 0.1) is 6.92 Å². The molecule has 0 saturated heterocycles. The van der Waals surface area contributed by atoms with E-state index in [1.807, 2.05) is 37.6 Å². The van der Waals surface area contributed by atoms with E-state index < -0.39 is 0 Å². The number of hydrogen-bond donors (Lipinski definition) is 2. The molecule has 1 aromatic rings. The second kappa shape index (κ2) is 3.66. The maximum atomic E-state index is 5.85. The van der Waals surface area contributed by atoms with E-state index in [4.69, 9.17) is 5.73 Å². The Balaban J connectivity index is 3.01. The smallest absolute Gasteiger partial charge is 0.162 e. The van der Waals surface area contributed by atoms with Gasteiger partial charge in [0.1, 0.15) is 0 Å². The molecule has 1 heterocycles. The molecule has 0 fully saturated rings. The Morgan fingerprint density at radius 1 is 1.54 bits per heavy atom. The molecule has 0 bridgehead atoms. The van der Waals surface area contributed by atoms with Crippen LogP contribution in [0.4, 0.5) is 11.5 Å². The average molecular weight is 183 g/mol. The molecule has 5 heteroatoms. The lowest BCUT2D eigenvalue weighted by Crippen LogP contribution is -2.22. The van der Waals surface area contributed by atoms with Crippen LogP contribution in [0.25, 0.3) is 0 Å². The fraction of sp³-hybridized carbons (Fsp3) is 0.625. The van der Waals surface area contributed by atoms with E-state index in [-0.39, 0.29) is 0 Å². The van der Waals surface area contributed by atoms with Crippen molar-refractivity contribution in [2.24, 2.45) is 0 Å². The number of nitrogens with two attached hydrogens (primary N) is 1. The van der Waals surface area contributed by atoms with Crippen molar-refractivity contribution >= 4 is 11.5 Å². The fourth-order valence-corrected chi connectivity index (χ4v) is 1.15. The van der Waals surface area contributed by atoms with Crippen molar-refractivity contribution in [1.29, 1.82) is 0 Å². The van der Waals surface area contributed by atoms with Crippen molar-refractivity contribution in [2.45, 2.75) is 20.4 Å². The summed E-state index contributed by atoms with van der Waals surface area (Å²) >= 11 is 0. The van der Waals surface area contributed by atoms with E-state index in [0.717, 1.165) is 23.7 Å². The number of hydrazine groups is 1. The van der Waals surface area contributed by atoms with Gasteiger partial charge < -0.3 is 11.2 Å². The van der Waals surface area contributed by atoms with Gasteiger partial charge in [0.2, 0.25) is 0 Å². The minimum absolute atomic E-state index is 0.718. The number of aromatic nitrogens is 2. The van der Waals surface area contributed by atoms with E-state index >= 15 is 0 Å². The topological polar surface area (TPSA) is 59.1 Å². The summed E-state index contributed by atoms with van der Waals surface area (Å²) in [5.74, 6) is 0.866. The second-order valence-corrected chi connectivity index (χ2v) is 3.17. The van der Waals surface area contributed by atoms with Crippen LogP contribution >= 0.6 is 0 Å². The monoisotopic (exact) mass is 183 g/mol. The minimum Gasteiger partial charge on any atom is -0.394 e. The van der Waals surface area contributed by atoms with Gasteiger partial charge in [-0.2, -0.15) is 5.10 Å². The lowest BCUT2D eigenvalue weighted by Gasteiger charge is -2.14. The van der Waals surface area contributed by atoms with Gasteiger partial charge in [-0.3, -0.25) is 0 Å². The second-order valence-electron chi connectivity index (χ2n) is 3.17. The van der Waals surface area contributed by atoms with Crippen molar-refractivity contribution in [3.63, 3.8) is 0 Å². The van der Waals surface area contributed by atoms with Gasteiger partial charge in [-0.1, -0.05) is 0 Å². The number of anilines is 2. The summed E-state index contributed by atoms with van der Waals surface area (Å²) in [6, 6.07) is 0. The molecule has 0 aliphatic rings. The number of nitrogens with one attached hydrogen (secondary N) is 1. The Hall–Kier alpha value is -1.23. The number of aryl methyl sites for hydroxylation is 2. The molecule has 5 nitrogen and oxygen atoms in total. The van der Waals surface area contributed by atoms with Gasteiger partial charge in [0.15, 0.2) is 5.82 Å². The standard InChI is InChI=1S/C8H17N5/c1-5-13-8(11-12(3)4)7(9)6(2)10-13/h11H,5,9H2,1-4H3. The quantitative estimate of drug-likeness (QED) is 0.677. The Kier molecular flexibility index (Phi) is 2.77. The zero-order valence-electron chi connectivity index (χ0n) is 8.63. The largest absolute Gasteiger partial charge is 0.394 e. The molecular formula is C8H17N5. The number of nitrogen functional groups attached to an aromatic ring is 1. The highest BCUT2D eigenvalue weighted by atomic mass is 15.5. The zero-order valence-corrected chi connectivity index (χ0v) is 8.63. The van der Waals surface area contributed by atoms with E-state index in [2.05, 4.69) is 10.5 Å². The van der Waals surface area contributed by atoms with Crippen molar-refractivity contribution in [1.82, 2.24) is 14.8 Å². The molecule has 0 amide bonds. The third-order valence-electron chi connectivity index (χ3n) is 1.80. The summed E-state index contributed by atoms with van der Waals surface area (Å²) in [5.41, 5.74) is 10.6. The lowest BCUT2D eigenvalue weighted by atomic mass is 10.4. The van der Waals surface area contributed by atoms with Crippen LogP contribution < -0.4 is 11.2 Å². The van der Waals surface area contributed by atoms with E-state index in [9.17, 15) is 0 Å². The number of rotatable bonds is 3.